The van der Waals surface area contributed by atoms with E-state index < -0.39 is 0 Å². The molecule has 0 saturated heterocycles. The third-order valence-corrected chi connectivity index (χ3v) is 15.1. The Morgan fingerprint density at radius 1 is 0.422 bits per heavy atom. The largest absolute Gasteiger partial charge is 0.456 e. The first kappa shape index (κ1) is 37.2. The maximum atomic E-state index is 6.63. The van der Waals surface area contributed by atoms with Crippen molar-refractivity contribution in [3.8, 4) is 22.3 Å². The van der Waals surface area contributed by atoms with Gasteiger partial charge in [0, 0.05) is 33.5 Å². The van der Waals surface area contributed by atoms with E-state index in [1.54, 1.807) is 11.1 Å². The molecule has 1 heterocycles. The van der Waals surface area contributed by atoms with E-state index in [0.717, 1.165) is 34.8 Å². The lowest BCUT2D eigenvalue weighted by Crippen LogP contribution is -2.34. The fourth-order valence-electron chi connectivity index (χ4n) is 12.6. The van der Waals surface area contributed by atoms with E-state index in [0.29, 0.717) is 11.8 Å². The summed E-state index contributed by atoms with van der Waals surface area (Å²) in [4.78, 5) is 2.53. The molecule has 3 aliphatic rings. The van der Waals surface area contributed by atoms with Crippen molar-refractivity contribution in [1.82, 2.24) is 0 Å². The monoisotopic (exact) mass is 821 g/mol. The van der Waals surface area contributed by atoms with E-state index in [1.807, 2.05) is 0 Å². The number of hydrogen-bond acceptors (Lipinski definition) is 2. The minimum Gasteiger partial charge on any atom is -0.456 e. The second kappa shape index (κ2) is 14.9. The number of hydrogen-bond donors (Lipinski definition) is 0. The number of anilines is 3. The number of fused-ring (bicyclic) bond motifs is 5. The Balaban J connectivity index is 1.00. The Morgan fingerprint density at radius 3 is 1.59 bits per heavy atom. The van der Waals surface area contributed by atoms with Crippen LogP contribution in [0.25, 0.3) is 44.2 Å². The Labute approximate surface area is 375 Å². The van der Waals surface area contributed by atoms with Crippen LogP contribution in [0.15, 0.2) is 223 Å². The van der Waals surface area contributed by atoms with Crippen molar-refractivity contribution in [2.45, 2.75) is 37.0 Å². The molecule has 1 fully saturated rings. The third kappa shape index (κ3) is 5.72. The molecule has 10 aromatic rings. The second-order valence-electron chi connectivity index (χ2n) is 18.3. The van der Waals surface area contributed by atoms with Crippen molar-refractivity contribution in [2.75, 3.05) is 4.90 Å². The van der Waals surface area contributed by atoms with Gasteiger partial charge in [0.05, 0.1) is 5.69 Å². The molecular formula is C62H47NO. The lowest BCUT2D eigenvalue weighted by atomic mass is 9.66. The van der Waals surface area contributed by atoms with Crippen LogP contribution in [-0.2, 0) is 18.3 Å². The van der Waals surface area contributed by atoms with Gasteiger partial charge in [-0.15, -0.1) is 0 Å². The highest BCUT2D eigenvalue weighted by Gasteiger charge is 2.62. The van der Waals surface area contributed by atoms with Crippen LogP contribution in [-0.4, -0.2) is 0 Å². The number of para-hydroxylation sites is 3. The summed E-state index contributed by atoms with van der Waals surface area (Å²) in [7, 11) is 0. The lowest BCUT2D eigenvalue weighted by molar-refractivity contribution is 0.347. The predicted molar refractivity (Wildman–Crippen MR) is 264 cm³/mol. The number of nitrogens with zero attached hydrogens (tertiary/aromatic N) is 1. The standard InChI is InChI=1S/C62H47NO/c1-4-14-41(15-5-1)42-26-28-43(29-27-42)44-30-32-45(33-31-44)59(46-34-37-54-53-22-10-11-25-57(53)64-58(54)40-46)55-23-12-16-47-38-49-35-36-50-39-48-17-13-24-56(61(48)62(49,50)60(47)55)63(51-18-6-2-7-19-51)52-20-8-3-9-21-52/h1-34,37,40,49-50,59H,35-36,38-39H2. The van der Waals surface area contributed by atoms with Gasteiger partial charge in [-0.1, -0.05) is 176 Å². The zero-order chi connectivity index (χ0) is 42.2. The summed E-state index contributed by atoms with van der Waals surface area (Å²) in [6.45, 7) is 0. The minimum atomic E-state index is -0.109. The first-order chi connectivity index (χ1) is 31.7. The quantitative estimate of drug-likeness (QED) is 0.142. The maximum absolute atomic E-state index is 6.63. The van der Waals surface area contributed by atoms with E-state index in [4.69, 9.17) is 4.42 Å². The van der Waals surface area contributed by atoms with Crippen LogP contribution in [0.4, 0.5) is 17.1 Å². The smallest absolute Gasteiger partial charge is 0.135 e. The molecular weight excluding hydrogens is 775 g/mol. The topological polar surface area (TPSA) is 16.4 Å². The van der Waals surface area contributed by atoms with Crippen molar-refractivity contribution in [2.24, 2.45) is 11.8 Å². The van der Waals surface area contributed by atoms with Gasteiger partial charge in [0.25, 0.3) is 0 Å². The van der Waals surface area contributed by atoms with Crippen molar-refractivity contribution < 1.29 is 4.42 Å². The van der Waals surface area contributed by atoms with Crippen LogP contribution >= 0.6 is 0 Å². The summed E-state index contributed by atoms with van der Waals surface area (Å²) in [5, 5.41) is 2.33. The van der Waals surface area contributed by atoms with Crippen LogP contribution in [0.2, 0.25) is 0 Å². The van der Waals surface area contributed by atoms with Crippen LogP contribution < -0.4 is 4.90 Å². The van der Waals surface area contributed by atoms with E-state index in [1.165, 1.54) is 80.0 Å². The molecule has 1 aromatic heterocycles. The normalized spacial score (nSPS) is 18.7. The van der Waals surface area contributed by atoms with Gasteiger partial charge in [-0.2, -0.15) is 0 Å². The SMILES string of the molecule is c1ccc(-c2ccc(-c3ccc(C(c4ccc5c(c4)oc4ccccc45)c4cccc5c4C46c7c(cccc7N(c7ccccc7)c7ccccc7)CC4CCC6C5)cc3)cc2)cc1. The maximum Gasteiger partial charge on any atom is 0.135 e. The molecule has 9 aromatic carbocycles. The third-order valence-electron chi connectivity index (χ3n) is 15.1. The Morgan fingerprint density at radius 2 is 0.938 bits per heavy atom. The number of furan rings is 1. The summed E-state index contributed by atoms with van der Waals surface area (Å²) in [6, 6.07) is 81.0. The number of benzene rings is 9. The average molecular weight is 822 g/mol. The molecule has 0 N–H and O–H groups in total. The van der Waals surface area contributed by atoms with Crippen LogP contribution in [0.5, 0.6) is 0 Å². The number of rotatable bonds is 8. The van der Waals surface area contributed by atoms with E-state index in [9.17, 15) is 0 Å². The molecule has 64 heavy (non-hydrogen) atoms. The molecule has 0 bridgehead atoms. The fraction of sp³-hybridized carbons (Fsp3) is 0.129. The zero-order valence-corrected chi connectivity index (χ0v) is 35.7. The highest BCUT2D eigenvalue weighted by atomic mass is 16.3. The molecule has 1 saturated carbocycles. The Hall–Kier alpha value is -7.42. The first-order valence-corrected chi connectivity index (χ1v) is 23.0. The van der Waals surface area contributed by atoms with E-state index in [2.05, 4.69) is 223 Å². The molecule has 306 valence electrons. The van der Waals surface area contributed by atoms with Crippen molar-refractivity contribution >= 4 is 39.0 Å². The highest BCUT2D eigenvalue weighted by Crippen LogP contribution is 2.68. The summed E-state index contributed by atoms with van der Waals surface area (Å²) in [6.07, 6.45) is 4.71. The Bertz CT molecular complexity index is 3290. The summed E-state index contributed by atoms with van der Waals surface area (Å²) < 4.78 is 6.63. The molecule has 0 radical (unpaired) electrons. The van der Waals surface area contributed by atoms with E-state index >= 15 is 0 Å². The zero-order valence-electron chi connectivity index (χ0n) is 35.7. The average Bonchev–Trinajstić information content (AvgIpc) is 4.10. The molecule has 3 aliphatic carbocycles. The summed E-state index contributed by atoms with van der Waals surface area (Å²) >= 11 is 0. The van der Waals surface area contributed by atoms with Crippen molar-refractivity contribution in [3.05, 3.63) is 257 Å². The summed E-state index contributed by atoms with van der Waals surface area (Å²) in [5.41, 5.74) is 20.5. The second-order valence-corrected chi connectivity index (χ2v) is 18.3. The van der Waals surface area contributed by atoms with Crippen LogP contribution in [0.3, 0.4) is 0 Å². The van der Waals surface area contributed by atoms with Crippen LogP contribution in [0.1, 0.15) is 57.7 Å². The van der Waals surface area contributed by atoms with Crippen molar-refractivity contribution in [3.63, 3.8) is 0 Å². The van der Waals surface area contributed by atoms with Gasteiger partial charge < -0.3 is 9.32 Å². The Kier molecular flexibility index (Phi) is 8.62. The van der Waals surface area contributed by atoms with Gasteiger partial charge >= 0.3 is 0 Å². The predicted octanol–water partition coefficient (Wildman–Crippen LogP) is 16.0. The van der Waals surface area contributed by atoms with Gasteiger partial charge in [-0.25, -0.2) is 0 Å². The first-order valence-electron chi connectivity index (χ1n) is 23.0. The molecule has 2 heteroatoms. The van der Waals surface area contributed by atoms with Gasteiger partial charge in [-0.05, 0) is 141 Å². The fourth-order valence-corrected chi connectivity index (χ4v) is 12.6. The molecule has 2 nitrogen and oxygen atoms in total. The molecule has 4 atom stereocenters. The lowest BCUT2D eigenvalue weighted by Gasteiger charge is -2.39. The van der Waals surface area contributed by atoms with Gasteiger partial charge in [-0.3, -0.25) is 0 Å². The molecule has 0 aliphatic heterocycles. The highest BCUT2D eigenvalue weighted by molar-refractivity contribution is 6.05. The summed E-state index contributed by atoms with van der Waals surface area (Å²) in [5.74, 6) is 1.06. The molecule has 13 rings (SSSR count). The minimum absolute atomic E-state index is 0.00740. The van der Waals surface area contributed by atoms with Gasteiger partial charge in [0.15, 0.2) is 0 Å². The van der Waals surface area contributed by atoms with E-state index in [-0.39, 0.29) is 11.3 Å². The van der Waals surface area contributed by atoms with Crippen molar-refractivity contribution in [1.29, 1.82) is 0 Å². The van der Waals surface area contributed by atoms with Crippen LogP contribution in [0, 0.1) is 11.8 Å². The molecule has 1 spiro atoms. The molecule has 0 amide bonds. The van der Waals surface area contributed by atoms with Gasteiger partial charge in [0.1, 0.15) is 11.2 Å². The molecule has 4 unspecified atom stereocenters. The van der Waals surface area contributed by atoms with Gasteiger partial charge in [0.2, 0.25) is 0 Å².